The maximum absolute atomic E-state index is 10.1. The van der Waals surface area contributed by atoms with Gasteiger partial charge in [-0.1, -0.05) is 44.0 Å². The number of tetrazole rings is 1. The Hall–Kier alpha value is -1.37. The minimum atomic E-state index is -0.778. The van der Waals surface area contributed by atoms with E-state index in [1.165, 1.54) is 0 Å². The molecule has 1 N–H and O–H groups in total. The van der Waals surface area contributed by atoms with Crippen molar-refractivity contribution in [1.29, 1.82) is 0 Å². The van der Waals surface area contributed by atoms with Crippen LogP contribution < -0.4 is 4.74 Å². The van der Waals surface area contributed by atoms with Crippen LogP contribution in [0.15, 0.2) is 18.2 Å². The molecule has 1 aromatic heterocycles. The molecule has 0 radical (unpaired) electrons. The van der Waals surface area contributed by atoms with Gasteiger partial charge < -0.3 is 9.84 Å². The third-order valence-electron chi connectivity index (χ3n) is 2.91. The first-order valence-electron chi connectivity index (χ1n) is 6.80. The highest BCUT2D eigenvalue weighted by Gasteiger charge is 2.23. The van der Waals surface area contributed by atoms with Crippen LogP contribution in [-0.4, -0.2) is 38.0 Å². The average Bonchev–Trinajstić information content (AvgIpc) is 2.88. The summed E-state index contributed by atoms with van der Waals surface area (Å²) in [4.78, 5) is 0. The Balaban J connectivity index is 1.98. The van der Waals surface area contributed by atoms with E-state index in [-0.39, 0.29) is 18.6 Å². The van der Waals surface area contributed by atoms with Gasteiger partial charge in [0.1, 0.15) is 18.5 Å². The van der Waals surface area contributed by atoms with Gasteiger partial charge in [-0.2, -0.15) is 0 Å². The maximum atomic E-state index is 10.1. The first-order chi connectivity index (χ1) is 10.3. The van der Waals surface area contributed by atoms with Crippen LogP contribution in [0.1, 0.15) is 26.6 Å². The Morgan fingerprint density at radius 3 is 2.73 bits per heavy atom. The van der Waals surface area contributed by atoms with Gasteiger partial charge in [0.2, 0.25) is 0 Å². The summed E-state index contributed by atoms with van der Waals surface area (Å²) >= 11 is 11.9. The van der Waals surface area contributed by atoms with E-state index in [1.54, 1.807) is 22.9 Å². The van der Waals surface area contributed by atoms with Crippen LogP contribution >= 0.6 is 23.2 Å². The SMILES string of the molecule is CC(C)(C)c1nnnn1CC(O)COc1cc(Cl)ccc1Cl. The Morgan fingerprint density at radius 2 is 2.05 bits per heavy atom. The van der Waals surface area contributed by atoms with E-state index >= 15 is 0 Å². The van der Waals surface area contributed by atoms with Gasteiger partial charge in [-0.25, -0.2) is 4.68 Å². The quantitative estimate of drug-likeness (QED) is 0.902. The fraction of sp³-hybridized carbons (Fsp3) is 0.500. The van der Waals surface area contributed by atoms with Crippen LogP contribution in [0.3, 0.4) is 0 Å². The second-order valence-corrected chi connectivity index (χ2v) is 6.82. The van der Waals surface area contributed by atoms with Crippen molar-refractivity contribution in [2.24, 2.45) is 0 Å². The summed E-state index contributed by atoms with van der Waals surface area (Å²) in [5.41, 5.74) is -0.208. The molecule has 1 atom stereocenters. The molecule has 0 saturated heterocycles. The molecule has 0 aliphatic carbocycles. The van der Waals surface area contributed by atoms with Crippen molar-refractivity contribution in [2.45, 2.75) is 38.8 Å². The maximum Gasteiger partial charge on any atom is 0.156 e. The Morgan fingerprint density at radius 1 is 1.32 bits per heavy atom. The third kappa shape index (κ3) is 4.32. The monoisotopic (exact) mass is 344 g/mol. The standard InChI is InChI=1S/C14H18Cl2N4O2/c1-14(2,3)13-17-18-19-20(13)7-10(21)8-22-12-6-9(15)4-5-11(12)16/h4-6,10,21H,7-8H2,1-3H3. The predicted octanol–water partition coefficient (Wildman–Crippen LogP) is 2.72. The van der Waals surface area contributed by atoms with Crippen LogP contribution in [0.25, 0.3) is 0 Å². The highest BCUT2D eigenvalue weighted by molar-refractivity contribution is 6.34. The second kappa shape index (κ2) is 6.81. The number of ether oxygens (including phenoxy) is 1. The summed E-state index contributed by atoms with van der Waals surface area (Å²) in [5.74, 6) is 1.13. The molecule has 0 bridgehead atoms. The lowest BCUT2D eigenvalue weighted by molar-refractivity contribution is 0.0871. The number of hydrogen-bond acceptors (Lipinski definition) is 5. The summed E-state index contributed by atoms with van der Waals surface area (Å²) in [6.07, 6.45) is -0.778. The zero-order valence-corrected chi connectivity index (χ0v) is 14.1. The van der Waals surface area contributed by atoms with Crippen molar-refractivity contribution in [3.8, 4) is 5.75 Å². The van der Waals surface area contributed by atoms with E-state index in [2.05, 4.69) is 15.5 Å². The number of hydrogen-bond donors (Lipinski definition) is 1. The van der Waals surface area contributed by atoms with Gasteiger partial charge >= 0.3 is 0 Å². The molecule has 0 saturated carbocycles. The van der Waals surface area contributed by atoms with Gasteiger partial charge in [0.15, 0.2) is 5.82 Å². The van der Waals surface area contributed by atoms with Crippen LogP contribution in [0.5, 0.6) is 5.75 Å². The molecule has 1 aromatic carbocycles. The Labute approximate surface area is 139 Å². The smallest absolute Gasteiger partial charge is 0.156 e. The van der Waals surface area contributed by atoms with Crippen LogP contribution in [0, 0.1) is 0 Å². The summed E-state index contributed by atoms with van der Waals surface area (Å²) in [7, 11) is 0. The van der Waals surface area contributed by atoms with E-state index in [1.807, 2.05) is 20.8 Å². The Kier molecular flexibility index (Phi) is 5.26. The lowest BCUT2D eigenvalue weighted by Crippen LogP contribution is -2.28. The van der Waals surface area contributed by atoms with E-state index in [0.29, 0.717) is 21.6 Å². The summed E-state index contributed by atoms with van der Waals surface area (Å²) < 4.78 is 7.08. The van der Waals surface area contributed by atoms with E-state index in [4.69, 9.17) is 27.9 Å². The molecule has 6 nitrogen and oxygen atoms in total. The zero-order valence-electron chi connectivity index (χ0n) is 12.6. The molecule has 0 amide bonds. The predicted molar refractivity (Wildman–Crippen MR) is 84.5 cm³/mol. The topological polar surface area (TPSA) is 73.1 Å². The minimum absolute atomic E-state index is 0.0590. The highest BCUT2D eigenvalue weighted by Crippen LogP contribution is 2.27. The molecule has 1 unspecified atom stereocenters. The number of halogens is 2. The van der Waals surface area contributed by atoms with Gasteiger partial charge in [0.05, 0.1) is 11.6 Å². The van der Waals surface area contributed by atoms with Crippen LogP contribution in [0.2, 0.25) is 10.0 Å². The molecule has 0 fully saturated rings. The Bertz CT molecular complexity index is 640. The molecular formula is C14H18Cl2N4O2. The molecule has 8 heteroatoms. The zero-order chi connectivity index (χ0) is 16.3. The van der Waals surface area contributed by atoms with Crippen molar-refractivity contribution in [2.75, 3.05) is 6.61 Å². The third-order valence-corrected chi connectivity index (χ3v) is 3.46. The lowest BCUT2D eigenvalue weighted by atomic mass is 9.96. The van der Waals surface area contributed by atoms with Crippen molar-refractivity contribution < 1.29 is 9.84 Å². The van der Waals surface area contributed by atoms with Gasteiger partial charge in [0.25, 0.3) is 0 Å². The van der Waals surface area contributed by atoms with E-state index in [0.717, 1.165) is 0 Å². The van der Waals surface area contributed by atoms with E-state index < -0.39 is 6.10 Å². The van der Waals surface area contributed by atoms with Crippen molar-refractivity contribution in [3.63, 3.8) is 0 Å². The number of nitrogens with zero attached hydrogens (tertiary/aromatic N) is 4. The molecular weight excluding hydrogens is 327 g/mol. The highest BCUT2D eigenvalue weighted by atomic mass is 35.5. The van der Waals surface area contributed by atoms with Gasteiger partial charge in [-0.3, -0.25) is 0 Å². The molecule has 0 aliphatic rings. The first-order valence-corrected chi connectivity index (χ1v) is 7.55. The number of aliphatic hydroxyl groups is 1. The summed E-state index contributed by atoms with van der Waals surface area (Å²) in [6.45, 7) is 6.30. The summed E-state index contributed by atoms with van der Waals surface area (Å²) in [6, 6.07) is 4.92. The fourth-order valence-corrected chi connectivity index (χ4v) is 2.23. The number of aliphatic hydroxyl groups excluding tert-OH is 1. The molecule has 22 heavy (non-hydrogen) atoms. The minimum Gasteiger partial charge on any atom is -0.489 e. The average molecular weight is 345 g/mol. The molecule has 2 aromatic rings. The molecule has 0 aliphatic heterocycles. The number of benzene rings is 1. The van der Waals surface area contributed by atoms with Crippen molar-refractivity contribution in [3.05, 3.63) is 34.1 Å². The second-order valence-electron chi connectivity index (χ2n) is 5.97. The lowest BCUT2D eigenvalue weighted by Gasteiger charge is -2.19. The van der Waals surface area contributed by atoms with E-state index in [9.17, 15) is 5.11 Å². The van der Waals surface area contributed by atoms with Gasteiger partial charge in [-0.15, -0.1) is 5.10 Å². The molecule has 1 heterocycles. The molecule has 2 rings (SSSR count). The fourth-order valence-electron chi connectivity index (χ4n) is 1.89. The largest absolute Gasteiger partial charge is 0.489 e. The number of rotatable bonds is 5. The normalized spacial score (nSPS) is 13.2. The molecule has 0 spiro atoms. The van der Waals surface area contributed by atoms with Gasteiger partial charge in [0, 0.05) is 16.5 Å². The van der Waals surface area contributed by atoms with Crippen molar-refractivity contribution in [1.82, 2.24) is 20.2 Å². The van der Waals surface area contributed by atoms with Crippen LogP contribution in [-0.2, 0) is 12.0 Å². The van der Waals surface area contributed by atoms with Crippen molar-refractivity contribution >= 4 is 23.2 Å². The molecule has 120 valence electrons. The van der Waals surface area contributed by atoms with Crippen LogP contribution in [0.4, 0.5) is 0 Å². The first kappa shape index (κ1) is 17.0. The van der Waals surface area contributed by atoms with Gasteiger partial charge in [-0.05, 0) is 22.6 Å². The number of aromatic nitrogens is 4. The summed E-state index contributed by atoms with van der Waals surface area (Å²) in [5, 5.41) is 22.6.